The standard InChI is InChI=1S/C21H36O4Si/c1-13-9-16(22)10-15-11-17(23)21(18(25-21)20(13,15)6)14(2)12-24-26(7,8)19(3,4)5/h13,15-16,18,22H,2,9-12H2,1,3-8H3/t13-,15+,16+,18-,20+,21+/m0/s1. The molecule has 2 saturated carbocycles. The Morgan fingerprint density at radius 1 is 1.38 bits per heavy atom. The van der Waals surface area contributed by atoms with Gasteiger partial charge in [-0.15, -0.1) is 0 Å². The van der Waals surface area contributed by atoms with Crippen molar-refractivity contribution in [2.45, 2.75) is 89.8 Å². The van der Waals surface area contributed by atoms with Crippen LogP contribution in [0.3, 0.4) is 0 Å². The van der Waals surface area contributed by atoms with Crippen LogP contribution < -0.4 is 0 Å². The van der Waals surface area contributed by atoms with Crippen LogP contribution in [0.4, 0.5) is 0 Å². The first kappa shape index (κ1) is 20.2. The third-order valence-corrected chi connectivity index (χ3v) is 12.6. The molecule has 0 aromatic rings. The highest BCUT2D eigenvalue weighted by atomic mass is 28.4. The number of aliphatic hydroxyl groups excluding tert-OH is 1. The molecule has 3 rings (SSSR count). The number of carbonyl (C=O) groups is 1. The van der Waals surface area contributed by atoms with Gasteiger partial charge in [0.25, 0.3) is 0 Å². The fourth-order valence-electron chi connectivity index (χ4n) is 4.88. The van der Waals surface area contributed by atoms with Gasteiger partial charge in [0.15, 0.2) is 19.7 Å². The fraction of sp³-hybridized carbons (Fsp3) is 0.857. The number of epoxide rings is 1. The van der Waals surface area contributed by atoms with Crippen molar-refractivity contribution in [3.8, 4) is 0 Å². The Morgan fingerprint density at radius 3 is 2.58 bits per heavy atom. The molecule has 26 heavy (non-hydrogen) atoms. The van der Waals surface area contributed by atoms with Crippen molar-refractivity contribution in [1.82, 2.24) is 0 Å². The van der Waals surface area contributed by atoms with Gasteiger partial charge in [0.2, 0.25) is 0 Å². The van der Waals surface area contributed by atoms with Gasteiger partial charge in [-0.05, 0) is 48.4 Å². The second-order valence-electron chi connectivity index (χ2n) is 10.6. The lowest BCUT2D eigenvalue weighted by molar-refractivity contribution is -0.130. The molecule has 1 N–H and O–H groups in total. The van der Waals surface area contributed by atoms with Gasteiger partial charge in [0.1, 0.15) is 6.10 Å². The molecule has 4 nitrogen and oxygen atoms in total. The van der Waals surface area contributed by atoms with E-state index in [1.165, 1.54) is 0 Å². The maximum Gasteiger partial charge on any atom is 0.192 e. The summed E-state index contributed by atoms with van der Waals surface area (Å²) in [5.74, 6) is 0.656. The van der Waals surface area contributed by atoms with Crippen molar-refractivity contribution in [1.29, 1.82) is 0 Å². The van der Waals surface area contributed by atoms with E-state index in [0.717, 1.165) is 12.0 Å². The monoisotopic (exact) mass is 380 g/mol. The molecule has 5 heteroatoms. The normalized spacial score (nSPS) is 42.8. The summed E-state index contributed by atoms with van der Waals surface area (Å²) in [6.07, 6.45) is 1.55. The molecule has 2 aliphatic carbocycles. The Morgan fingerprint density at radius 2 is 2.00 bits per heavy atom. The third-order valence-electron chi connectivity index (χ3n) is 8.09. The average molecular weight is 381 g/mol. The number of fused-ring (bicyclic) bond motifs is 3. The van der Waals surface area contributed by atoms with Gasteiger partial charge < -0.3 is 14.3 Å². The van der Waals surface area contributed by atoms with Crippen LogP contribution in [0.1, 0.15) is 53.9 Å². The number of ether oxygens (including phenoxy) is 1. The molecule has 1 heterocycles. The van der Waals surface area contributed by atoms with E-state index in [9.17, 15) is 9.90 Å². The summed E-state index contributed by atoms with van der Waals surface area (Å²) in [7, 11) is -1.90. The lowest BCUT2D eigenvalue weighted by Gasteiger charge is -2.50. The van der Waals surface area contributed by atoms with Gasteiger partial charge >= 0.3 is 0 Å². The number of Topliss-reactive ketones (excluding diaryl/α,β-unsaturated/α-hetero) is 1. The van der Waals surface area contributed by atoms with Crippen LogP contribution in [0, 0.1) is 17.3 Å². The molecular formula is C21H36O4Si. The topological polar surface area (TPSA) is 59.1 Å². The molecule has 0 spiro atoms. The molecule has 3 aliphatic rings. The van der Waals surface area contributed by atoms with Gasteiger partial charge in [-0.1, -0.05) is 41.2 Å². The summed E-state index contributed by atoms with van der Waals surface area (Å²) < 4.78 is 12.5. The SMILES string of the molecule is C=C(CO[Si](C)(C)C(C)(C)C)[C@]12O[C@H]1[C@@]1(C)[C@@H](CC2=O)C[C@H](O)C[C@@H]1C. The highest BCUT2D eigenvalue weighted by molar-refractivity contribution is 6.74. The predicted octanol–water partition coefficient (Wildman–Crippen LogP) is 4.09. The van der Waals surface area contributed by atoms with E-state index in [0.29, 0.717) is 25.4 Å². The number of hydrogen-bond donors (Lipinski definition) is 1. The minimum absolute atomic E-state index is 0.0763. The highest BCUT2D eigenvalue weighted by Gasteiger charge is 2.75. The van der Waals surface area contributed by atoms with Gasteiger partial charge in [-0.2, -0.15) is 0 Å². The maximum absolute atomic E-state index is 13.0. The third kappa shape index (κ3) is 2.77. The van der Waals surface area contributed by atoms with E-state index < -0.39 is 13.9 Å². The molecule has 0 aromatic carbocycles. The van der Waals surface area contributed by atoms with Crippen molar-refractivity contribution >= 4 is 14.1 Å². The van der Waals surface area contributed by atoms with Crippen LogP contribution >= 0.6 is 0 Å². The van der Waals surface area contributed by atoms with Crippen molar-refractivity contribution in [3.63, 3.8) is 0 Å². The van der Waals surface area contributed by atoms with E-state index in [1.807, 2.05) is 0 Å². The second kappa shape index (κ2) is 6.00. The van der Waals surface area contributed by atoms with Crippen LogP contribution in [-0.2, 0) is 14.0 Å². The van der Waals surface area contributed by atoms with E-state index in [2.05, 4.69) is 54.3 Å². The molecule has 0 amide bonds. The minimum atomic E-state index is -1.90. The summed E-state index contributed by atoms with van der Waals surface area (Å²) in [4.78, 5) is 13.0. The summed E-state index contributed by atoms with van der Waals surface area (Å²) in [6, 6.07) is 0. The van der Waals surface area contributed by atoms with Gasteiger partial charge in [-0.25, -0.2) is 0 Å². The molecule has 1 saturated heterocycles. The zero-order chi connectivity index (χ0) is 19.7. The molecular weight excluding hydrogens is 344 g/mol. The summed E-state index contributed by atoms with van der Waals surface area (Å²) in [5, 5.41) is 10.3. The maximum atomic E-state index is 13.0. The van der Waals surface area contributed by atoms with E-state index in [1.54, 1.807) is 0 Å². The van der Waals surface area contributed by atoms with Crippen LogP contribution in [-0.4, -0.2) is 43.6 Å². The first-order chi connectivity index (χ1) is 11.8. The number of aliphatic hydroxyl groups is 1. The second-order valence-corrected chi connectivity index (χ2v) is 15.4. The van der Waals surface area contributed by atoms with Gasteiger partial charge in [0, 0.05) is 11.8 Å². The Kier molecular flexibility index (Phi) is 4.67. The number of carbonyl (C=O) groups excluding carboxylic acids is 1. The smallest absolute Gasteiger partial charge is 0.192 e. The molecule has 0 radical (unpaired) electrons. The van der Waals surface area contributed by atoms with E-state index in [4.69, 9.17) is 9.16 Å². The molecule has 6 atom stereocenters. The Balaban J connectivity index is 1.78. The molecule has 3 fully saturated rings. The Hall–Kier alpha value is -0.493. The predicted molar refractivity (Wildman–Crippen MR) is 106 cm³/mol. The zero-order valence-electron chi connectivity index (χ0n) is 17.5. The van der Waals surface area contributed by atoms with Crippen molar-refractivity contribution in [2.24, 2.45) is 17.3 Å². The number of hydrogen-bond acceptors (Lipinski definition) is 4. The minimum Gasteiger partial charge on any atom is -0.413 e. The van der Waals surface area contributed by atoms with Crippen molar-refractivity contribution in [2.75, 3.05) is 6.61 Å². The summed E-state index contributed by atoms with van der Waals surface area (Å²) in [6.45, 7) is 20.1. The molecule has 148 valence electrons. The van der Waals surface area contributed by atoms with Gasteiger partial charge in [0.05, 0.1) is 12.7 Å². The van der Waals surface area contributed by atoms with E-state index in [-0.39, 0.29) is 34.4 Å². The van der Waals surface area contributed by atoms with Crippen LogP contribution in [0.25, 0.3) is 0 Å². The fourth-order valence-corrected chi connectivity index (χ4v) is 5.85. The molecule has 1 aliphatic heterocycles. The molecule has 0 unspecified atom stereocenters. The number of rotatable bonds is 4. The highest BCUT2D eigenvalue weighted by Crippen LogP contribution is 2.65. The van der Waals surface area contributed by atoms with Crippen molar-refractivity contribution in [3.05, 3.63) is 12.2 Å². The first-order valence-electron chi connectivity index (χ1n) is 9.98. The average Bonchev–Trinajstić information content (AvgIpc) is 3.26. The first-order valence-corrected chi connectivity index (χ1v) is 12.9. The lowest BCUT2D eigenvalue weighted by atomic mass is 9.52. The Bertz CT molecular complexity index is 622. The molecule has 0 bridgehead atoms. The largest absolute Gasteiger partial charge is 0.413 e. The van der Waals surface area contributed by atoms with Crippen molar-refractivity contribution < 1.29 is 19.1 Å². The summed E-state index contributed by atoms with van der Waals surface area (Å²) >= 11 is 0. The van der Waals surface area contributed by atoms with Crippen LogP contribution in [0.2, 0.25) is 18.1 Å². The molecule has 0 aromatic heterocycles. The van der Waals surface area contributed by atoms with Gasteiger partial charge in [-0.3, -0.25) is 4.79 Å². The number of ketones is 1. The lowest BCUT2D eigenvalue weighted by Crippen LogP contribution is -2.55. The van der Waals surface area contributed by atoms with Crippen LogP contribution in [0.5, 0.6) is 0 Å². The quantitative estimate of drug-likeness (QED) is 0.453. The van der Waals surface area contributed by atoms with E-state index >= 15 is 0 Å². The zero-order valence-corrected chi connectivity index (χ0v) is 18.5. The Labute approximate surface area is 159 Å². The summed E-state index contributed by atoms with van der Waals surface area (Å²) in [5.41, 5.74) is -0.132. The van der Waals surface area contributed by atoms with Crippen LogP contribution in [0.15, 0.2) is 12.2 Å².